The molecule has 108 valence electrons. The number of likely N-dealkylation sites (N-methyl/N-ethyl adjacent to an activating group) is 1. The molecule has 0 radical (unpaired) electrons. The SMILES string of the molecule is CN(Cc1csc(Br)c1)C(CN)c1cccc(Cl)c1Cl. The molecule has 2 N–H and O–H groups in total. The molecule has 6 heteroatoms. The molecule has 0 aliphatic heterocycles. The Hall–Kier alpha value is -0.100. The second-order valence-electron chi connectivity index (χ2n) is 4.57. The molecule has 0 amide bonds. The van der Waals surface area contributed by atoms with E-state index in [-0.39, 0.29) is 6.04 Å². The highest BCUT2D eigenvalue weighted by Crippen LogP contribution is 2.33. The summed E-state index contributed by atoms with van der Waals surface area (Å²) >= 11 is 17.5. The molecule has 20 heavy (non-hydrogen) atoms. The van der Waals surface area contributed by atoms with Crippen molar-refractivity contribution in [1.82, 2.24) is 4.90 Å². The van der Waals surface area contributed by atoms with Gasteiger partial charge in [0.05, 0.1) is 13.8 Å². The van der Waals surface area contributed by atoms with Crippen LogP contribution in [0.5, 0.6) is 0 Å². The fraction of sp³-hybridized carbons (Fsp3) is 0.286. The first-order chi connectivity index (χ1) is 9.52. The van der Waals surface area contributed by atoms with Crippen LogP contribution in [-0.2, 0) is 6.54 Å². The summed E-state index contributed by atoms with van der Waals surface area (Å²) in [5.74, 6) is 0. The second-order valence-corrected chi connectivity index (χ2v) is 7.64. The average molecular weight is 394 g/mol. The number of benzene rings is 1. The van der Waals surface area contributed by atoms with E-state index in [1.165, 1.54) is 5.56 Å². The highest BCUT2D eigenvalue weighted by Gasteiger charge is 2.19. The van der Waals surface area contributed by atoms with Crippen molar-refractivity contribution in [2.24, 2.45) is 5.73 Å². The van der Waals surface area contributed by atoms with Crippen LogP contribution in [0.4, 0.5) is 0 Å². The molecule has 0 aliphatic carbocycles. The molecule has 2 nitrogen and oxygen atoms in total. The molecule has 0 bridgehead atoms. The molecule has 1 atom stereocenters. The van der Waals surface area contributed by atoms with E-state index in [4.69, 9.17) is 28.9 Å². The van der Waals surface area contributed by atoms with Gasteiger partial charge < -0.3 is 5.73 Å². The van der Waals surface area contributed by atoms with Crippen LogP contribution in [0.25, 0.3) is 0 Å². The molecule has 0 saturated heterocycles. The van der Waals surface area contributed by atoms with E-state index in [2.05, 4.69) is 32.3 Å². The van der Waals surface area contributed by atoms with Gasteiger partial charge in [0.25, 0.3) is 0 Å². The molecule has 0 spiro atoms. The van der Waals surface area contributed by atoms with Crippen molar-refractivity contribution < 1.29 is 0 Å². The Balaban J connectivity index is 2.20. The van der Waals surface area contributed by atoms with Gasteiger partial charge in [-0.05, 0) is 51.6 Å². The average Bonchev–Trinajstić information content (AvgIpc) is 2.81. The second kappa shape index (κ2) is 7.25. The third kappa shape index (κ3) is 3.75. The Morgan fingerprint density at radius 1 is 1.40 bits per heavy atom. The van der Waals surface area contributed by atoms with Crippen LogP contribution in [0.1, 0.15) is 17.2 Å². The summed E-state index contributed by atoms with van der Waals surface area (Å²) in [6.07, 6.45) is 0. The summed E-state index contributed by atoms with van der Waals surface area (Å²) in [4.78, 5) is 2.19. The summed E-state index contributed by atoms with van der Waals surface area (Å²) in [5.41, 5.74) is 8.16. The van der Waals surface area contributed by atoms with E-state index in [9.17, 15) is 0 Å². The van der Waals surface area contributed by atoms with Crippen molar-refractivity contribution in [1.29, 1.82) is 0 Å². The Morgan fingerprint density at radius 3 is 2.75 bits per heavy atom. The first-order valence-corrected chi connectivity index (χ1v) is 8.53. The molecule has 2 aromatic rings. The molecule has 1 unspecified atom stereocenters. The van der Waals surface area contributed by atoms with E-state index in [1.807, 2.05) is 19.2 Å². The minimum atomic E-state index is 0.0416. The van der Waals surface area contributed by atoms with Gasteiger partial charge in [-0.2, -0.15) is 0 Å². The number of rotatable bonds is 5. The minimum Gasteiger partial charge on any atom is -0.329 e. The maximum absolute atomic E-state index is 6.30. The number of hydrogen-bond donors (Lipinski definition) is 1. The number of nitrogens with zero attached hydrogens (tertiary/aromatic N) is 1. The lowest BCUT2D eigenvalue weighted by Crippen LogP contribution is -2.30. The highest BCUT2D eigenvalue weighted by atomic mass is 79.9. The molecule has 0 fully saturated rings. The normalized spacial score (nSPS) is 12.9. The van der Waals surface area contributed by atoms with Crippen molar-refractivity contribution in [3.05, 3.63) is 54.6 Å². The van der Waals surface area contributed by atoms with E-state index in [1.54, 1.807) is 17.4 Å². The van der Waals surface area contributed by atoms with Gasteiger partial charge >= 0.3 is 0 Å². The summed E-state index contributed by atoms with van der Waals surface area (Å²) in [7, 11) is 2.04. The largest absolute Gasteiger partial charge is 0.329 e. The van der Waals surface area contributed by atoms with Crippen LogP contribution >= 0.6 is 50.5 Å². The van der Waals surface area contributed by atoms with Gasteiger partial charge in [-0.1, -0.05) is 35.3 Å². The van der Waals surface area contributed by atoms with E-state index in [0.29, 0.717) is 16.6 Å². The van der Waals surface area contributed by atoms with Gasteiger partial charge in [0.15, 0.2) is 0 Å². The van der Waals surface area contributed by atoms with Gasteiger partial charge in [-0.3, -0.25) is 4.90 Å². The van der Waals surface area contributed by atoms with Gasteiger partial charge in [-0.25, -0.2) is 0 Å². The minimum absolute atomic E-state index is 0.0416. The zero-order valence-corrected chi connectivity index (χ0v) is 14.9. The van der Waals surface area contributed by atoms with Crippen LogP contribution in [0.15, 0.2) is 33.4 Å². The van der Waals surface area contributed by atoms with Crippen molar-refractivity contribution in [3.63, 3.8) is 0 Å². The zero-order valence-electron chi connectivity index (χ0n) is 10.9. The van der Waals surface area contributed by atoms with Crippen LogP contribution in [0.2, 0.25) is 10.0 Å². The maximum atomic E-state index is 6.30. The molecule has 0 saturated carbocycles. The number of halogens is 3. The van der Waals surface area contributed by atoms with Crippen LogP contribution in [-0.4, -0.2) is 18.5 Å². The van der Waals surface area contributed by atoms with Gasteiger partial charge in [0.1, 0.15) is 0 Å². The van der Waals surface area contributed by atoms with Crippen molar-refractivity contribution in [2.75, 3.05) is 13.6 Å². The number of hydrogen-bond acceptors (Lipinski definition) is 3. The molecule has 1 aromatic carbocycles. The van der Waals surface area contributed by atoms with Crippen LogP contribution < -0.4 is 5.73 Å². The lowest BCUT2D eigenvalue weighted by Gasteiger charge is -2.28. The summed E-state index contributed by atoms with van der Waals surface area (Å²) in [6, 6.07) is 7.83. The van der Waals surface area contributed by atoms with E-state index in [0.717, 1.165) is 15.9 Å². The van der Waals surface area contributed by atoms with E-state index < -0.39 is 0 Å². The fourth-order valence-corrected chi connectivity index (χ4v) is 3.78. The van der Waals surface area contributed by atoms with Crippen molar-refractivity contribution in [3.8, 4) is 0 Å². The highest BCUT2D eigenvalue weighted by molar-refractivity contribution is 9.11. The van der Waals surface area contributed by atoms with E-state index >= 15 is 0 Å². The number of thiophene rings is 1. The van der Waals surface area contributed by atoms with Crippen LogP contribution in [0.3, 0.4) is 0 Å². The van der Waals surface area contributed by atoms with Crippen LogP contribution in [0, 0.1) is 0 Å². The summed E-state index contributed by atoms with van der Waals surface area (Å²) in [6.45, 7) is 1.30. The van der Waals surface area contributed by atoms with Gasteiger partial charge in [0, 0.05) is 19.1 Å². The van der Waals surface area contributed by atoms with Gasteiger partial charge in [-0.15, -0.1) is 11.3 Å². The molecule has 1 aromatic heterocycles. The lowest BCUT2D eigenvalue weighted by atomic mass is 10.1. The Kier molecular flexibility index (Phi) is 5.90. The predicted octanol–water partition coefficient (Wildman–Crippen LogP) is 4.95. The first kappa shape index (κ1) is 16.3. The Bertz CT molecular complexity index is 588. The molecule has 2 rings (SSSR count). The number of nitrogens with two attached hydrogens (primary N) is 1. The fourth-order valence-electron chi connectivity index (χ4n) is 2.15. The first-order valence-electron chi connectivity index (χ1n) is 6.10. The lowest BCUT2D eigenvalue weighted by molar-refractivity contribution is 0.242. The quantitative estimate of drug-likeness (QED) is 0.778. The molecular weight excluding hydrogens is 379 g/mol. The smallest absolute Gasteiger partial charge is 0.0701 e. The monoisotopic (exact) mass is 392 g/mol. The molecular formula is C14H15BrCl2N2S. The predicted molar refractivity (Wildman–Crippen MR) is 91.7 cm³/mol. The summed E-state index contributed by atoms with van der Waals surface area (Å²) in [5, 5.41) is 3.28. The standard InChI is InChI=1S/C14H15BrCl2N2S/c1-19(7-9-5-13(15)20-8-9)12(6-18)10-3-2-4-11(16)14(10)17/h2-5,8,12H,6-7,18H2,1H3. The van der Waals surface area contributed by atoms with Crippen molar-refractivity contribution >= 4 is 50.5 Å². The van der Waals surface area contributed by atoms with Gasteiger partial charge in [0.2, 0.25) is 0 Å². The zero-order chi connectivity index (χ0) is 14.7. The Morgan fingerprint density at radius 2 is 2.15 bits per heavy atom. The third-order valence-electron chi connectivity index (χ3n) is 3.15. The van der Waals surface area contributed by atoms with Crippen molar-refractivity contribution in [2.45, 2.75) is 12.6 Å². The molecule has 1 heterocycles. The summed E-state index contributed by atoms with van der Waals surface area (Å²) < 4.78 is 1.13. The maximum Gasteiger partial charge on any atom is 0.0701 e. The topological polar surface area (TPSA) is 29.3 Å². The third-order valence-corrected chi connectivity index (χ3v) is 5.54. The molecule has 0 aliphatic rings. The Labute approximate surface area is 141 Å².